The minimum atomic E-state index is -2.52. The van der Waals surface area contributed by atoms with E-state index >= 15 is 0 Å². The standard InChI is InChI=1S/C13H9Cl3FNO2S/c1-20-12(19)11-7-18(21-13(15,16)17)6-10(11)8-3-2-4-9(14)5-8/h2-7H,1H3. The average Bonchev–Trinajstić information content (AvgIpc) is 2.79. The second kappa shape index (κ2) is 6.48. The predicted octanol–water partition coefficient (Wildman–Crippen LogP) is 5.15. The number of ether oxygens (including phenoxy) is 1. The zero-order chi connectivity index (χ0) is 15.6. The second-order valence-electron chi connectivity index (χ2n) is 3.98. The van der Waals surface area contributed by atoms with Gasteiger partial charge in [0.1, 0.15) is 0 Å². The molecule has 0 fully saturated rings. The molecule has 21 heavy (non-hydrogen) atoms. The summed E-state index contributed by atoms with van der Waals surface area (Å²) in [4.78, 5) is 11.8. The van der Waals surface area contributed by atoms with Gasteiger partial charge in [-0.15, -0.1) is 0 Å². The Kier molecular flexibility index (Phi) is 5.09. The number of carbonyl (C=O) groups is 1. The van der Waals surface area contributed by atoms with E-state index < -0.39 is 9.89 Å². The Morgan fingerprint density at radius 3 is 2.67 bits per heavy atom. The topological polar surface area (TPSA) is 31.2 Å². The van der Waals surface area contributed by atoms with Crippen LogP contribution in [-0.4, -0.2) is 21.0 Å². The van der Waals surface area contributed by atoms with E-state index in [0.717, 1.165) is 0 Å². The Labute approximate surface area is 140 Å². The number of carbonyl (C=O) groups excluding carboxylic acids is 1. The van der Waals surface area contributed by atoms with Crippen LogP contribution in [0, 0.1) is 0 Å². The molecule has 0 unspecified atom stereocenters. The lowest BCUT2D eigenvalue weighted by atomic mass is 10.1. The number of rotatable bonds is 4. The van der Waals surface area contributed by atoms with Gasteiger partial charge in [-0.2, -0.15) is 4.39 Å². The molecule has 3 nitrogen and oxygen atoms in total. The number of benzene rings is 1. The smallest absolute Gasteiger partial charge is 0.340 e. The minimum absolute atomic E-state index is 0.254. The highest BCUT2D eigenvalue weighted by Gasteiger charge is 2.26. The van der Waals surface area contributed by atoms with Gasteiger partial charge in [0.15, 0.2) is 0 Å². The van der Waals surface area contributed by atoms with Crippen molar-refractivity contribution in [2.45, 2.75) is 3.92 Å². The number of halogens is 4. The van der Waals surface area contributed by atoms with Gasteiger partial charge in [0.05, 0.1) is 12.7 Å². The van der Waals surface area contributed by atoms with Crippen LogP contribution in [0.15, 0.2) is 36.7 Å². The first-order valence-electron chi connectivity index (χ1n) is 5.62. The van der Waals surface area contributed by atoms with Crippen molar-refractivity contribution in [3.05, 3.63) is 47.2 Å². The zero-order valence-corrected chi connectivity index (χ0v) is 13.7. The Bertz CT molecular complexity index is 670. The van der Waals surface area contributed by atoms with Crippen LogP contribution in [0.3, 0.4) is 0 Å². The van der Waals surface area contributed by atoms with Crippen LogP contribution in [0.1, 0.15) is 10.4 Å². The third-order valence-corrected chi connectivity index (χ3v) is 3.83. The van der Waals surface area contributed by atoms with Crippen molar-refractivity contribution in [1.82, 2.24) is 3.97 Å². The number of esters is 1. The van der Waals surface area contributed by atoms with Crippen LogP contribution in [0.4, 0.5) is 4.39 Å². The molecule has 0 saturated carbocycles. The van der Waals surface area contributed by atoms with Gasteiger partial charge in [0, 0.05) is 34.9 Å². The number of methoxy groups -OCH3 is 1. The van der Waals surface area contributed by atoms with E-state index in [2.05, 4.69) is 0 Å². The van der Waals surface area contributed by atoms with E-state index in [4.69, 9.17) is 39.5 Å². The van der Waals surface area contributed by atoms with Crippen molar-refractivity contribution < 1.29 is 13.9 Å². The van der Waals surface area contributed by atoms with Gasteiger partial charge in [0.2, 0.25) is 0 Å². The molecule has 0 spiro atoms. The van der Waals surface area contributed by atoms with E-state index in [-0.39, 0.29) is 5.56 Å². The minimum Gasteiger partial charge on any atom is -0.465 e. The summed E-state index contributed by atoms with van der Waals surface area (Å²) in [6.07, 6.45) is 2.92. The summed E-state index contributed by atoms with van der Waals surface area (Å²) in [7, 11) is 1.26. The molecular weight excluding hydrogens is 360 g/mol. The molecule has 0 atom stereocenters. The highest BCUT2D eigenvalue weighted by molar-refractivity contribution is 8.01. The van der Waals surface area contributed by atoms with Gasteiger partial charge in [-0.05, 0) is 17.7 Å². The van der Waals surface area contributed by atoms with E-state index in [1.54, 1.807) is 24.3 Å². The van der Waals surface area contributed by atoms with Gasteiger partial charge >= 0.3 is 9.89 Å². The lowest BCUT2D eigenvalue weighted by Crippen LogP contribution is -2.02. The van der Waals surface area contributed by atoms with Gasteiger partial charge in [-0.1, -0.05) is 46.9 Å². The fourth-order valence-electron chi connectivity index (χ4n) is 1.76. The van der Waals surface area contributed by atoms with Gasteiger partial charge in [-0.3, -0.25) is 3.97 Å². The summed E-state index contributed by atoms with van der Waals surface area (Å²) >= 11 is 17.1. The monoisotopic (exact) mass is 367 g/mol. The van der Waals surface area contributed by atoms with Crippen molar-refractivity contribution >= 4 is 52.7 Å². The predicted molar refractivity (Wildman–Crippen MR) is 84.8 cm³/mol. The van der Waals surface area contributed by atoms with Crippen LogP contribution in [0.25, 0.3) is 11.1 Å². The van der Waals surface area contributed by atoms with Gasteiger partial charge in [-0.25, -0.2) is 4.79 Å². The molecular formula is C13H9Cl3FNO2S. The molecule has 0 bridgehead atoms. The molecule has 0 radical (unpaired) electrons. The Balaban J connectivity index is 2.50. The Morgan fingerprint density at radius 2 is 2.10 bits per heavy atom. The quantitative estimate of drug-likeness (QED) is 0.552. The maximum atomic E-state index is 13.3. The highest BCUT2D eigenvalue weighted by atomic mass is 35.5. The zero-order valence-electron chi connectivity index (χ0n) is 10.6. The summed E-state index contributed by atoms with van der Waals surface area (Å²) < 4.78 is 16.8. The summed E-state index contributed by atoms with van der Waals surface area (Å²) in [6, 6.07) is 6.90. The maximum absolute atomic E-state index is 13.3. The van der Waals surface area contributed by atoms with Crippen LogP contribution < -0.4 is 0 Å². The largest absolute Gasteiger partial charge is 0.465 e. The van der Waals surface area contributed by atoms with Crippen LogP contribution in [0.2, 0.25) is 5.02 Å². The summed E-state index contributed by atoms with van der Waals surface area (Å²) in [5.41, 5.74) is 1.48. The van der Waals surface area contributed by atoms with E-state index in [1.165, 1.54) is 23.5 Å². The number of nitrogens with zero attached hydrogens (tertiary/aromatic N) is 1. The third-order valence-electron chi connectivity index (χ3n) is 2.55. The molecule has 1 heterocycles. The molecule has 2 aromatic rings. The first-order chi connectivity index (χ1) is 9.80. The molecule has 0 aliphatic carbocycles. The molecule has 112 valence electrons. The van der Waals surface area contributed by atoms with Gasteiger partial charge < -0.3 is 4.74 Å². The van der Waals surface area contributed by atoms with Crippen molar-refractivity contribution in [2.75, 3.05) is 7.11 Å². The molecule has 0 aliphatic rings. The van der Waals surface area contributed by atoms with Gasteiger partial charge in [0.25, 0.3) is 0 Å². The van der Waals surface area contributed by atoms with Crippen molar-refractivity contribution in [3.8, 4) is 11.1 Å². The van der Waals surface area contributed by atoms with E-state index in [1.807, 2.05) is 0 Å². The summed E-state index contributed by atoms with van der Waals surface area (Å²) in [5, 5.41) is 0.512. The molecule has 0 amide bonds. The lowest BCUT2D eigenvalue weighted by Gasteiger charge is -2.07. The summed E-state index contributed by atoms with van der Waals surface area (Å²) in [6.45, 7) is 0. The number of aromatic nitrogens is 1. The molecule has 2 rings (SSSR count). The first-order valence-corrected chi connectivity index (χ1v) is 7.53. The number of alkyl halides is 3. The number of hydrogen-bond acceptors (Lipinski definition) is 3. The second-order valence-corrected chi connectivity index (χ2v) is 7.27. The summed E-state index contributed by atoms with van der Waals surface area (Å²) in [5.74, 6) is -0.557. The molecule has 1 aromatic carbocycles. The molecule has 8 heteroatoms. The third kappa shape index (κ3) is 4.30. The Hall–Kier alpha value is -0.880. The molecule has 0 N–H and O–H groups in total. The van der Waals surface area contributed by atoms with Crippen LogP contribution >= 0.6 is 46.8 Å². The lowest BCUT2D eigenvalue weighted by molar-refractivity contribution is 0.0601. The first kappa shape index (κ1) is 16.5. The fraction of sp³-hybridized carbons (Fsp3) is 0.154. The van der Waals surface area contributed by atoms with Crippen molar-refractivity contribution in [1.29, 1.82) is 0 Å². The van der Waals surface area contributed by atoms with E-state index in [0.29, 0.717) is 28.1 Å². The molecule has 1 aromatic heterocycles. The van der Waals surface area contributed by atoms with E-state index in [9.17, 15) is 9.18 Å². The van der Waals surface area contributed by atoms with Crippen LogP contribution in [-0.2, 0) is 4.74 Å². The SMILES string of the molecule is COC(=O)c1cn(SC(F)(Cl)Cl)cc1-c1cccc(Cl)c1. The maximum Gasteiger partial charge on any atom is 0.340 e. The van der Waals surface area contributed by atoms with Crippen molar-refractivity contribution in [3.63, 3.8) is 0 Å². The Morgan fingerprint density at radius 1 is 1.38 bits per heavy atom. The van der Waals surface area contributed by atoms with Crippen molar-refractivity contribution in [2.24, 2.45) is 0 Å². The highest BCUT2D eigenvalue weighted by Crippen LogP contribution is 2.39. The van der Waals surface area contributed by atoms with Crippen LogP contribution in [0.5, 0.6) is 0 Å². The average molecular weight is 369 g/mol. The molecule has 0 aliphatic heterocycles. The normalized spacial score (nSPS) is 11.5. The number of hydrogen-bond donors (Lipinski definition) is 0. The molecule has 0 saturated heterocycles. The fourth-order valence-corrected chi connectivity index (χ4v) is 2.99.